The van der Waals surface area contributed by atoms with Crippen LogP contribution < -0.4 is 10.9 Å². The minimum absolute atomic E-state index is 0.0116. The number of aryl methyl sites for hydroxylation is 1. The van der Waals surface area contributed by atoms with E-state index in [1.807, 2.05) is 12.1 Å². The van der Waals surface area contributed by atoms with Gasteiger partial charge < -0.3 is 15.2 Å². The molecule has 112 valence electrons. The van der Waals surface area contributed by atoms with E-state index >= 15 is 0 Å². The van der Waals surface area contributed by atoms with E-state index in [4.69, 9.17) is 4.74 Å². The Kier molecular flexibility index (Phi) is 4.89. The fourth-order valence-corrected chi connectivity index (χ4v) is 2.04. The predicted octanol–water partition coefficient (Wildman–Crippen LogP) is 0.453. The summed E-state index contributed by atoms with van der Waals surface area (Å²) in [6.07, 6.45) is 1.67. The van der Waals surface area contributed by atoms with Gasteiger partial charge in [0.2, 0.25) is 5.91 Å². The number of carbonyl (C=O) groups excluding carboxylic acids is 1. The number of aromatic amines is 2. The zero-order valence-electron chi connectivity index (χ0n) is 12.0. The van der Waals surface area contributed by atoms with Crippen molar-refractivity contribution in [2.24, 2.45) is 0 Å². The molecule has 0 aliphatic carbocycles. The average Bonchev–Trinajstić information content (AvgIpc) is 2.79. The number of carbonyl (C=O) groups is 1. The molecule has 0 aliphatic rings. The van der Waals surface area contributed by atoms with E-state index in [1.54, 1.807) is 26.3 Å². The third-order valence-corrected chi connectivity index (χ3v) is 3.14. The first-order valence-corrected chi connectivity index (χ1v) is 6.57. The first kappa shape index (κ1) is 15.0. The van der Waals surface area contributed by atoms with Crippen LogP contribution in [0.2, 0.25) is 0 Å². The maximum Gasteiger partial charge on any atom is 0.267 e. The Hall–Kier alpha value is -2.41. The van der Waals surface area contributed by atoms with Gasteiger partial charge in [0.25, 0.3) is 5.56 Å². The molecule has 2 heterocycles. The van der Waals surface area contributed by atoms with Crippen LogP contribution in [0, 0.1) is 6.92 Å². The summed E-state index contributed by atoms with van der Waals surface area (Å²) in [6, 6.07) is 5.12. The summed E-state index contributed by atoms with van der Waals surface area (Å²) in [5, 5.41) is 7.99. The van der Waals surface area contributed by atoms with E-state index in [1.165, 1.54) is 0 Å². The van der Waals surface area contributed by atoms with Crippen molar-refractivity contribution in [2.45, 2.75) is 19.4 Å². The van der Waals surface area contributed by atoms with Crippen molar-refractivity contribution in [3.8, 4) is 0 Å². The molecule has 0 saturated carbocycles. The predicted molar refractivity (Wildman–Crippen MR) is 76.9 cm³/mol. The summed E-state index contributed by atoms with van der Waals surface area (Å²) in [5.74, 6) is -0.254. The van der Waals surface area contributed by atoms with Gasteiger partial charge in [-0.2, -0.15) is 0 Å². The molecular weight excluding hydrogens is 272 g/mol. The van der Waals surface area contributed by atoms with Crippen LogP contribution in [0.4, 0.5) is 0 Å². The molecule has 0 fully saturated rings. The minimum atomic E-state index is -0.345. The Balaban J connectivity index is 2.07. The number of methoxy groups -OCH3 is 1. The topological polar surface area (TPSA) is 99.9 Å². The molecule has 1 atom stereocenters. The fraction of sp³-hybridized carbons (Fsp3) is 0.357. The van der Waals surface area contributed by atoms with Crippen molar-refractivity contribution in [3.05, 3.63) is 51.7 Å². The summed E-state index contributed by atoms with van der Waals surface area (Å²) >= 11 is 0. The first-order valence-electron chi connectivity index (χ1n) is 6.57. The second-order valence-electron chi connectivity index (χ2n) is 4.69. The van der Waals surface area contributed by atoms with Crippen LogP contribution in [0.3, 0.4) is 0 Å². The lowest BCUT2D eigenvalue weighted by molar-refractivity contribution is -0.121. The zero-order chi connectivity index (χ0) is 15.2. The summed E-state index contributed by atoms with van der Waals surface area (Å²) in [5.41, 5.74) is 1.54. The Morgan fingerprint density at radius 1 is 1.43 bits per heavy atom. The summed E-state index contributed by atoms with van der Waals surface area (Å²) in [4.78, 5) is 27.9. The van der Waals surface area contributed by atoms with Gasteiger partial charge in [-0.25, -0.2) is 0 Å². The van der Waals surface area contributed by atoms with Gasteiger partial charge in [-0.15, -0.1) is 0 Å². The van der Waals surface area contributed by atoms with Crippen molar-refractivity contribution < 1.29 is 9.53 Å². The normalized spacial score (nSPS) is 12.1. The summed E-state index contributed by atoms with van der Waals surface area (Å²) < 4.78 is 5.11. The fourth-order valence-electron chi connectivity index (χ4n) is 2.04. The maximum atomic E-state index is 12.1. The van der Waals surface area contributed by atoms with E-state index in [0.29, 0.717) is 23.6 Å². The SMILES string of the molecule is COC[C@H](NC(=O)Cc1c(C)[nH][nH]c1=O)c1ccccn1. The van der Waals surface area contributed by atoms with Gasteiger partial charge >= 0.3 is 0 Å². The average molecular weight is 290 g/mol. The minimum Gasteiger partial charge on any atom is -0.382 e. The molecule has 0 unspecified atom stereocenters. The van der Waals surface area contributed by atoms with Gasteiger partial charge in [0, 0.05) is 24.6 Å². The van der Waals surface area contributed by atoms with E-state index in [0.717, 1.165) is 0 Å². The van der Waals surface area contributed by atoms with Crippen molar-refractivity contribution in [2.75, 3.05) is 13.7 Å². The molecule has 0 bridgehead atoms. The highest BCUT2D eigenvalue weighted by molar-refractivity contribution is 5.79. The van der Waals surface area contributed by atoms with Crippen LogP contribution in [0.5, 0.6) is 0 Å². The van der Waals surface area contributed by atoms with E-state index < -0.39 is 0 Å². The molecule has 21 heavy (non-hydrogen) atoms. The van der Waals surface area contributed by atoms with Crippen LogP contribution in [-0.2, 0) is 16.0 Å². The monoisotopic (exact) mass is 290 g/mol. The second kappa shape index (κ2) is 6.85. The highest BCUT2D eigenvalue weighted by Crippen LogP contribution is 2.10. The quantitative estimate of drug-likeness (QED) is 0.719. The molecule has 0 spiro atoms. The Morgan fingerprint density at radius 3 is 2.81 bits per heavy atom. The van der Waals surface area contributed by atoms with Crippen LogP contribution >= 0.6 is 0 Å². The number of H-pyrrole nitrogens is 2. The number of amides is 1. The lowest BCUT2D eigenvalue weighted by Crippen LogP contribution is -2.33. The molecule has 0 aromatic carbocycles. The van der Waals surface area contributed by atoms with Crippen molar-refractivity contribution >= 4 is 5.91 Å². The number of hydrogen-bond acceptors (Lipinski definition) is 4. The number of nitrogens with one attached hydrogen (secondary N) is 3. The number of hydrogen-bond donors (Lipinski definition) is 3. The number of ether oxygens (including phenoxy) is 1. The molecule has 0 aliphatic heterocycles. The van der Waals surface area contributed by atoms with Crippen molar-refractivity contribution in [1.29, 1.82) is 0 Å². The Bertz CT molecular complexity index is 648. The maximum absolute atomic E-state index is 12.1. The van der Waals surface area contributed by atoms with Crippen LogP contribution in [0.15, 0.2) is 29.2 Å². The molecule has 1 amide bonds. The van der Waals surface area contributed by atoms with Gasteiger partial charge in [0.15, 0.2) is 0 Å². The highest BCUT2D eigenvalue weighted by atomic mass is 16.5. The number of aromatic nitrogens is 3. The van der Waals surface area contributed by atoms with E-state index in [9.17, 15) is 9.59 Å². The summed E-state index contributed by atoms with van der Waals surface area (Å²) in [6.45, 7) is 2.05. The van der Waals surface area contributed by atoms with Gasteiger partial charge in [0.1, 0.15) is 0 Å². The molecule has 3 N–H and O–H groups in total. The molecule has 0 saturated heterocycles. The number of nitrogens with zero attached hydrogens (tertiary/aromatic N) is 1. The number of pyridine rings is 1. The van der Waals surface area contributed by atoms with Crippen molar-refractivity contribution in [1.82, 2.24) is 20.5 Å². The third kappa shape index (κ3) is 3.79. The molecule has 0 radical (unpaired) electrons. The largest absolute Gasteiger partial charge is 0.382 e. The zero-order valence-corrected chi connectivity index (χ0v) is 12.0. The van der Waals surface area contributed by atoms with Gasteiger partial charge in [-0.1, -0.05) is 6.07 Å². The third-order valence-electron chi connectivity index (χ3n) is 3.14. The second-order valence-corrected chi connectivity index (χ2v) is 4.69. The smallest absolute Gasteiger partial charge is 0.267 e. The van der Waals surface area contributed by atoms with E-state index in [2.05, 4.69) is 20.5 Å². The Labute approximate surface area is 121 Å². The lowest BCUT2D eigenvalue weighted by atomic mass is 10.1. The molecule has 2 aromatic heterocycles. The molecule has 2 rings (SSSR count). The first-order chi connectivity index (χ1) is 10.1. The molecular formula is C14H18N4O3. The standard InChI is InChI=1S/C14H18N4O3/c1-9-10(14(20)18-17-9)7-13(19)16-12(8-21-2)11-5-3-4-6-15-11/h3-6,12H,7-8H2,1-2H3,(H,16,19)(H2,17,18,20)/t12-/m0/s1. The molecule has 7 heteroatoms. The summed E-state index contributed by atoms with van der Waals surface area (Å²) in [7, 11) is 1.56. The van der Waals surface area contributed by atoms with Gasteiger partial charge in [-0.05, 0) is 19.1 Å². The highest BCUT2D eigenvalue weighted by Gasteiger charge is 2.18. The van der Waals surface area contributed by atoms with Gasteiger partial charge in [0.05, 0.1) is 24.8 Å². The molecule has 7 nitrogen and oxygen atoms in total. The van der Waals surface area contributed by atoms with Crippen LogP contribution in [0.25, 0.3) is 0 Å². The van der Waals surface area contributed by atoms with Crippen molar-refractivity contribution in [3.63, 3.8) is 0 Å². The number of rotatable bonds is 6. The lowest BCUT2D eigenvalue weighted by Gasteiger charge is -2.17. The molecule has 2 aromatic rings. The van der Waals surface area contributed by atoms with Crippen LogP contribution in [-0.4, -0.2) is 34.8 Å². The van der Waals surface area contributed by atoms with Crippen LogP contribution in [0.1, 0.15) is 23.0 Å². The van der Waals surface area contributed by atoms with E-state index in [-0.39, 0.29) is 23.9 Å². The Morgan fingerprint density at radius 2 is 2.24 bits per heavy atom. The van der Waals surface area contributed by atoms with Gasteiger partial charge in [-0.3, -0.25) is 19.7 Å².